The van der Waals surface area contributed by atoms with Gasteiger partial charge in [0.25, 0.3) is 5.91 Å². The molecule has 0 fully saturated rings. The van der Waals surface area contributed by atoms with Gasteiger partial charge in [-0.25, -0.2) is 0 Å². The Bertz CT molecular complexity index is 457. The SMILES string of the molecule is CCNC(=O)c1cc(NC(C)(C)C(N)=O)ccn1. The molecule has 98 valence electrons. The van der Waals surface area contributed by atoms with Gasteiger partial charge in [0.1, 0.15) is 11.2 Å². The second-order valence-corrected chi connectivity index (χ2v) is 4.40. The lowest BCUT2D eigenvalue weighted by Crippen LogP contribution is -2.45. The van der Waals surface area contributed by atoms with Gasteiger partial charge in [0.05, 0.1) is 0 Å². The standard InChI is InChI=1S/C12H18N4O2/c1-4-14-10(17)9-7-8(5-6-15-9)16-12(2,3)11(13)18/h5-7H,4H2,1-3H3,(H2,13,18)(H,14,17)(H,15,16). The lowest BCUT2D eigenvalue weighted by molar-refractivity contribution is -0.121. The van der Waals surface area contributed by atoms with Gasteiger partial charge < -0.3 is 16.4 Å². The Morgan fingerprint density at radius 3 is 2.67 bits per heavy atom. The maximum atomic E-state index is 11.6. The summed E-state index contributed by atoms with van der Waals surface area (Å²) >= 11 is 0. The van der Waals surface area contributed by atoms with Crippen molar-refractivity contribution < 1.29 is 9.59 Å². The molecule has 0 aromatic carbocycles. The van der Waals surface area contributed by atoms with Crippen LogP contribution in [-0.4, -0.2) is 28.9 Å². The monoisotopic (exact) mass is 250 g/mol. The van der Waals surface area contributed by atoms with Crippen molar-refractivity contribution in [2.75, 3.05) is 11.9 Å². The van der Waals surface area contributed by atoms with Gasteiger partial charge in [-0.3, -0.25) is 14.6 Å². The summed E-state index contributed by atoms with van der Waals surface area (Å²) in [7, 11) is 0. The van der Waals surface area contributed by atoms with Crippen LogP contribution in [0.25, 0.3) is 0 Å². The van der Waals surface area contributed by atoms with Crippen LogP contribution in [0.4, 0.5) is 5.69 Å². The van der Waals surface area contributed by atoms with Crippen molar-refractivity contribution in [3.8, 4) is 0 Å². The average molecular weight is 250 g/mol. The van der Waals surface area contributed by atoms with E-state index in [0.29, 0.717) is 17.9 Å². The summed E-state index contributed by atoms with van der Waals surface area (Å²) in [5, 5.41) is 5.61. The molecule has 18 heavy (non-hydrogen) atoms. The molecule has 0 radical (unpaired) electrons. The number of carbonyl (C=O) groups is 2. The number of nitrogens with two attached hydrogens (primary N) is 1. The van der Waals surface area contributed by atoms with Gasteiger partial charge in [-0.1, -0.05) is 0 Å². The van der Waals surface area contributed by atoms with Gasteiger partial charge in [-0.15, -0.1) is 0 Å². The molecule has 0 aliphatic carbocycles. The Hall–Kier alpha value is -2.11. The summed E-state index contributed by atoms with van der Waals surface area (Å²) in [6.45, 7) is 5.70. The fourth-order valence-electron chi connectivity index (χ4n) is 1.31. The van der Waals surface area contributed by atoms with Gasteiger partial charge >= 0.3 is 0 Å². The van der Waals surface area contributed by atoms with Crippen LogP contribution in [0.1, 0.15) is 31.3 Å². The van der Waals surface area contributed by atoms with E-state index in [1.807, 2.05) is 6.92 Å². The lowest BCUT2D eigenvalue weighted by atomic mass is 10.0. The maximum Gasteiger partial charge on any atom is 0.269 e. The average Bonchev–Trinajstić information content (AvgIpc) is 2.29. The summed E-state index contributed by atoms with van der Waals surface area (Å²) in [5.41, 5.74) is 5.29. The van der Waals surface area contributed by atoms with E-state index < -0.39 is 11.4 Å². The summed E-state index contributed by atoms with van der Waals surface area (Å²) in [5.74, 6) is -0.725. The van der Waals surface area contributed by atoms with E-state index in [-0.39, 0.29) is 5.91 Å². The molecule has 0 atom stereocenters. The minimum Gasteiger partial charge on any atom is -0.372 e. The fraction of sp³-hybridized carbons (Fsp3) is 0.417. The molecular weight excluding hydrogens is 232 g/mol. The first-order valence-corrected chi connectivity index (χ1v) is 5.69. The Kier molecular flexibility index (Phi) is 4.25. The first-order valence-electron chi connectivity index (χ1n) is 5.69. The minimum absolute atomic E-state index is 0.252. The van der Waals surface area contributed by atoms with Crippen molar-refractivity contribution in [3.05, 3.63) is 24.0 Å². The number of nitrogens with one attached hydrogen (secondary N) is 2. The third-order valence-electron chi connectivity index (χ3n) is 2.40. The highest BCUT2D eigenvalue weighted by Gasteiger charge is 2.24. The predicted octanol–water partition coefficient (Wildman–Crippen LogP) is 0.507. The molecule has 2 amide bonds. The lowest BCUT2D eigenvalue weighted by Gasteiger charge is -2.23. The predicted molar refractivity (Wildman–Crippen MR) is 69.1 cm³/mol. The summed E-state index contributed by atoms with van der Waals surface area (Å²) in [6, 6.07) is 3.25. The number of hydrogen-bond acceptors (Lipinski definition) is 4. The molecule has 1 rings (SSSR count). The fourth-order valence-corrected chi connectivity index (χ4v) is 1.31. The molecule has 1 aromatic rings. The van der Waals surface area contributed by atoms with Crippen LogP contribution in [0.5, 0.6) is 0 Å². The van der Waals surface area contributed by atoms with Gasteiger partial charge in [0, 0.05) is 18.4 Å². The minimum atomic E-state index is -0.889. The molecule has 0 spiro atoms. The van der Waals surface area contributed by atoms with E-state index in [4.69, 9.17) is 5.73 Å². The summed E-state index contributed by atoms with van der Waals surface area (Å²) in [6.07, 6.45) is 1.50. The van der Waals surface area contributed by atoms with Crippen molar-refractivity contribution in [1.82, 2.24) is 10.3 Å². The first kappa shape index (κ1) is 14.0. The Balaban J connectivity index is 2.89. The van der Waals surface area contributed by atoms with Crippen LogP contribution < -0.4 is 16.4 Å². The second kappa shape index (κ2) is 5.48. The van der Waals surface area contributed by atoms with Crippen molar-refractivity contribution in [3.63, 3.8) is 0 Å². The number of amides is 2. The van der Waals surface area contributed by atoms with Crippen LogP contribution in [0.2, 0.25) is 0 Å². The van der Waals surface area contributed by atoms with Gasteiger partial charge in [0.2, 0.25) is 5.91 Å². The van der Waals surface area contributed by atoms with Crippen LogP contribution in [-0.2, 0) is 4.79 Å². The molecule has 0 aliphatic heterocycles. The smallest absolute Gasteiger partial charge is 0.269 e. The number of hydrogen-bond donors (Lipinski definition) is 3. The van der Waals surface area contributed by atoms with E-state index in [2.05, 4.69) is 15.6 Å². The molecule has 0 unspecified atom stereocenters. The van der Waals surface area contributed by atoms with E-state index in [1.165, 1.54) is 6.20 Å². The second-order valence-electron chi connectivity index (χ2n) is 4.40. The van der Waals surface area contributed by atoms with E-state index in [0.717, 1.165) is 0 Å². The number of rotatable bonds is 5. The van der Waals surface area contributed by atoms with Crippen LogP contribution in [0.3, 0.4) is 0 Å². The molecule has 0 bridgehead atoms. The van der Waals surface area contributed by atoms with Crippen molar-refractivity contribution in [2.45, 2.75) is 26.3 Å². The zero-order chi connectivity index (χ0) is 13.8. The normalized spacial score (nSPS) is 10.8. The first-order chi connectivity index (χ1) is 8.36. The zero-order valence-corrected chi connectivity index (χ0v) is 10.8. The molecule has 0 saturated heterocycles. The Morgan fingerprint density at radius 1 is 1.44 bits per heavy atom. The maximum absolute atomic E-state index is 11.6. The van der Waals surface area contributed by atoms with Crippen molar-refractivity contribution in [2.24, 2.45) is 5.73 Å². The molecule has 6 nitrogen and oxygen atoms in total. The number of anilines is 1. The number of primary amides is 1. The van der Waals surface area contributed by atoms with Gasteiger partial charge in [-0.2, -0.15) is 0 Å². The number of aromatic nitrogens is 1. The largest absolute Gasteiger partial charge is 0.372 e. The molecule has 1 aromatic heterocycles. The van der Waals surface area contributed by atoms with E-state index >= 15 is 0 Å². The number of carbonyl (C=O) groups excluding carboxylic acids is 2. The molecule has 1 heterocycles. The van der Waals surface area contributed by atoms with Gasteiger partial charge in [0.15, 0.2) is 0 Å². The third kappa shape index (κ3) is 3.44. The summed E-state index contributed by atoms with van der Waals surface area (Å²) in [4.78, 5) is 26.8. The topological polar surface area (TPSA) is 97.1 Å². The molecule has 0 aliphatic rings. The highest BCUT2D eigenvalue weighted by atomic mass is 16.2. The van der Waals surface area contributed by atoms with E-state index in [9.17, 15) is 9.59 Å². The molecule has 4 N–H and O–H groups in total. The Morgan fingerprint density at radius 2 is 2.11 bits per heavy atom. The quantitative estimate of drug-likeness (QED) is 0.709. The van der Waals surface area contributed by atoms with Crippen LogP contribution in [0.15, 0.2) is 18.3 Å². The number of nitrogens with zero attached hydrogens (tertiary/aromatic N) is 1. The molecular formula is C12H18N4O2. The Labute approximate surface area is 106 Å². The van der Waals surface area contributed by atoms with Crippen LogP contribution in [0, 0.1) is 0 Å². The van der Waals surface area contributed by atoms with Crippen molar-refractivity contribution in [1.29, 1.82) is 0 Å². The number of pyridine rings is 1. The van der Waals surface area contributed by atoms with Crippen molar-refractivity contribution >= 4 is 17.5 Å². The van der Waals surface area contributed by atoms with Crippen LogP contribution >= 0.6 is 0 Å². The highest BCUT2D eigenvalue weighted by molar-refractivity contribution is 5.93. The van der Waals surface area contributed by atoms with Gasteiger partial charge in [-0.05, 0) is 32.9 Å². The highest BCUT2D eigenvalue weighted by Crippen LogP contribution is 2.15. The molecule has 6 heteroatoms. The zero-order valence-electron chi connectivity index (χ0n) is 10.8. The van der Waals surface area contributed by atoms with E-state index in [1.54, 1.807) is 26.0 Å². The third-order valence-corrected chi connectivity index (χ3v) is 2.40. The summed E-state index contributed by atoms with van der Waals surface area (Å²) < 4.78 is 0. The molecule has 0 saturated carbocycles.